The number of aryl methyl sites for hydroxylation is 2. The first-order valence-corrected chi connectivity index (χ1v) is 8.05. The first-order valence-electron chi connectivity index (χ1n) is 8.05. The summed E-state index contributed by atoms with van der Waals surface area (Å²) in [4.78, 5) is 14.6. The number of hydrogen-bond acceptors (Lipinski definition) is 5. The monoisotopic (exact) mass is 309 g/mol. The van der Waals surface area contributed by atoms with E-state index in [0.29, 0.717) is 31.4 Å². The van der Waals surface area contributed by atoms with Crippen molar-refractivity contribution < 1.29 is 14.3 Å². The van der Waals surface area contributed by atoms with Crippen molar-refractivity contribution in [2.24, 2.45) is 5.92 Å². The van der Waals surface area contributed by atoms with Crippen molar-refractivity contribution >= 4 is 5.97 Å². The number of nitrogens with zero attached hydrogens (tertiary/aromatic N) is 3. The Balaban J connectivity index is 1.85. The maximum absolute atomic E-state index is 12.2. The summed E-state index contributed by atoms with van der Waals surface area (Å²) in [5, 5.41) is 4.27. The Bertz CT molecular complexity index is 499. The third-order valence-corrected chi connectivity index (χ3v) is 3.66. The molecular weight excluding hydrogens is 282 g/mol. The molecule has 0 radical (unpaired) electrons. The Labute approximate surface area is 132 Å². The Hall–Kier alpha value is -1.40. The van der Waals surface area contributed by atoms with Crippen LogP contribution in [0, 0.1) is 12.8 Å². The number of rotatable bonds is 6. The van der Waals surface area contributed by atoms with E-state index in [1.165, 1.54) is 0 Å². The molecule has 0 aliphatic carbocycles. The van der Waals surface area contributed by atoms with Crippen molar-refractivity contribution in [2.45, 2.75) is 40.3 Å². The molecule has 0 amide bonds. The van der Waals surface area contributed by atoms with Crippen LogP contribution in [-0.4, -0.2) is 59.6 Å². The van der Waals surface area contributed by atoms with Crippen LogP contribution in [0.4, 0.5) is 0 Å². The number of carbonyl (C=O) groups is 1. The summed E-state index contributed by atoms with van der Waals surface area (Å²) < 4.78 is 12.8. The van der Waals surface area contributed by atoms with Crippen molar-refractivity contribution in [3.63, 3.8) is 0 Å². The second kappa shape index (κ2) is 7.74. The molecule has 0 unspecified atom stereocenters. The van der Waals surface area contributed by atoms with Crippen LogP contribution in [0.2, 0.25) is 0 Å². The first-order chi connectivity index (χ1) is 10.5. The summed E-state index contributed by atoms with van der Waals surface area (Å²) in [6.07, 6.45) is -0.0458. The molecule has 6 heteroatoms. The summed E-state index contributed by atoms with van der Waals surface area (Å²) in [6, 6.07) is 1.76. The third kappa shape index (κ3) is 4.55. The maximum Gasteiger partial charge on any atom is 0.356 e. The molecular formula is C16H27N3O3. The molecule has 0 saturated carbocycles. The molecule has 22 heavy (non-hydrogen) atoms. The van der Waals surface area contributed by atoms with E-state index < -0.39 is 0 Å². The average Bonchev–Trinajstić information content (AvgIpc) is 2.85. The Morgan fingerprint density at radius 2 is 2.32 bits per heavy atom. The number of esters is 1. The number of aromatic nitrogens is 2. The molecule has 6 nitrogen and oxygen atoms in total. The van der Waals surface area contributed by atoms with Crippen molar-refractivity contribution in [1.82, 2.24) is 14.7 Å². The highest BCUT2D eigenvalue weighted by Gasteiger charge is 2.23. The van der Waals surface area contributed by atoms with Gasteiger partial charge in [-0.25, -0.2) is 4.79 Å². The zero-order valence-electron chi connectivity index (χ0n) is 14.0. The minimum absolute atomic E-state index is 0.0458. The highest BCUT2D eigenvalue weighted by Crippen LogP contribution is 2.10. The Kier molecular flexibility index (Phi) is 5.97. The largest absolute Gasteiger partial charge is 0.458 e. The van der Waals surface area contributed by atoms with Crippen LogP contribution in [0.25, 0.3) is 0 Å². The molecule has 1 aromatic rings. The fourth-order valence-electron chi connectivity index (χ4n) is 2.76. The van der Waals surface area contributed by atoms with Gasteiger partial charge < -0.3 is 9.47 Å². The summed E-state index contributed by atoms with van der Waals surface area (Å²) in [7, 11) is 0. The molecule has 1 aliphatic heterocycles. The summed E-state index contributed by atoms with van der Waals surface area (Å²) >= 11 is 0. The van der Waals surface area contributed by atoms with Gasteiger partial charge in [-0.15, -0.1) is 0 Å². The molecule has 0 bridgehead atoms. The smallest absolute Gasteiger partial charge is 0.356 e. The summed E-state index contributed by atoms with van der Waals surface area (Å²) in [5.41, 5.74) is 1.33. The van der Waals surface area contributed by atoms with E-state index in [-0.39, 0.29) is 12.1 Å². The number of ether oxygens (including phenoxy) is 2. The molecule has 2 heterocycles. The van der Waals surface area contributed by atoms with Gasteiger partial charge in [0.1, 0.15) is 18.4 Å². The van der Waals surface area contributed by atoms with Crippen molar-refractivity contribution in [2.75, 3.05) is 32.8 Å². The lowest BCUT2D eigenvalue weighted by Gasteiger charge is -2.33. The fraction of sp³-hybridized carbons (Fsp3) is 0.750. The SMILES string of the molecule is CCn1nc(C)cc1C(=O)OC[C@H]1CN(CC(C)C)CCO1. The third-order valence-electron chi connectivity index (χ3n) is 3.66. The molecule has 1 aromatic heterocycles. The maximum atomic E-state index is 12.2. The molecule has 0 spiro atoms. The lowest BCUT2D eigenvalue weighted by molar-refractivity contribution is -0.0614. The van der Waals surface area contributed by atoms with Gasteiger partial charge in [0.15, 0.2) is 0 Å². The molecule has 1 atom stereocenters. The van der Waals surface area contributed by atoms with Gasteiger partial charge >= 0.3 is 5.97 Å². The average molecular weight is 309 g/mol. The second-order valence-corrected chi connectivity index (χ2v) is 6.23. The van der Waals surface area contributed by atoms with Crippen LogP contribution in [0.15, 0.2) is 6.07 Å². The van der Waals surface area contributed by atoms with Crippen LogP contribution < -0.4 is 0 Å². The predicted octanol–water partition coefficient (Wildman–Crippen LogP) is 1.73. The summed E-state index contributed by atoms with van der Waals surface area (Å²) in [5.74, 6) is 0.301. The number of morpholine rings is 1. The fourth-order valence-corrected chi connectivity index (χ4v) is 2.76. The van der Waals surface area contributed by atoms with E-state index in [4.69, 9.17) is 9.47 Å². The normalized spacial score (nSPS) is 19.6. The Morgan fingerprint density at radius 1 is 1.55 bits per heavy atom. The standard InChI is InChI=1S/C16H27N3O3/c1-5-19-15(8-13(4)17-19)16(20)22-11-14-10-18(6-7-21-14)9-12(2)3/h8,12,14H,5-7,9-11H2,1-4H3/t14-/m1/s1. The van der Waals surface area contributed by atoms with E-state index in [1.807, 2.05) is 13.8 Å². The van der Waals surface area contributed by atoms with Gasteiger partial charge in [-0.05, 0) is 25.8 Å². The van der Waals surface area contributed by atoms with E-state index in [1.54, 1.807) is 10.7 Å². The number of hydrogen-bond donors (Lipinski definition) is 0. The molecule has 0 aromatic carbocycles. The highest BCUT2D eigenvalue weighted by atomic mass is 16.6. The predicted molar refractivity (Wildman–Crippen MR) is 83.9 cm³/mol. The lowest BCUT2D eigenvalue weighted by atomic mass is 10.2. The topological polar surface area (TPSA) is 56.6 Å². The van der Waals surface area contributed by atoms with E-state index >= 15 is 0 Å². The van der Waals surface area contributed by atoms with Gasteiger partial charge in [-0.3, -0.25) is 9.58 Å². The molecule has 124 valence electrons. The molecule has 2 rings (SSSR count). The van der Waals surface area contributed by atoms with Gasteiger partial charge in [0.05, 0.1) is 12.3 Å². The molecule has 1 saturated heterocycles. The Morgan fingerprint density at radius 3 is 3.00 bits per heavy atom. The van der Waals surface area contributed by atoms with E-state index in [2.05, 4.69) is 23.8 Å². The minimum Gasteiger partial charge on any atom is -0.458 e. The van der Waals surface area contributed by atoms with Crippen LogP contribution >= 0.6 is 0 Å². The first kappa shape index (κ1) is 17.0. The van der Waals surface area contributed by atoms with Crippen LogP contribution in [0.1, 0.15) is 37.0 Å². The highest BCUT2D eigenvalue weighted by molar-refractivity contribution is 5.87. The number of carbonyl (C=O) groups excluding carboxylic acids is 1. The van der Waals surface area contributed by atoms with Crippen molar-refractivity contribution in [3.8, 4) is 0 Å². The molecule has 1 fully saturated rings. The van der Waals surface area contributed by atoms with Gasteiger partial charge in [0.2, 0.25) is 0 Å². The van der Waals surface area contributed by atoms with Gasteiger partial charge in [0.25, 0.3) is 0 Å². The second-order valence-electron chi connectivity index (χ2n) is 6.23. The minimum atomic E-state index is -0.327. The molecule has 0 N–H and O–H groups in total. The van der Waals surface area contributed by atoms with Gasteiger partial charge in [-0.1, -0.05) is 13.8 Å². The van der Waals surface area contributed by atoms with Crippen molar-refractivity contribution in [1.29, 1.82) is 0 Å². The van der Waals surface area contributed by atoms with E-state index in [9.17, 15) is 4.79 Å². The molecule has 1 aliphatic rings. The quantitative estimate of drug-likeness (QED) is 0.749. The lowest BCUT2D eigenvalue weighted by Crippen LogP contribution is -2.45. The van der Waals surface area contributed by atoms with Crippen LogP contribution in [-0.2, 0) is 16.0 Å². The zero-order valence-corrected chi connectivity index (χ0v) is 14.0. The van der Waals surface area contributed by atoms with Gasteiger partial charge in [0, 0.05) is 26.2 Å². The zero-order chi connectivity index (χ0) is 16.1. The van der Waals surface area contributed by atoms with Crippen molar-refractivity contribution in [3.05, 3.63) is 17.5 Å². The summed E-state index contributed by atoms with van der Waals surface area (Å²) in [6.45, 7) is 12.7. The van der Waals surface area contributed by atoms with Crippen LogP contribution in [0.5, 0.6) is 0 Å². The van der Waals surface area contributed by atoms with Crippen LogP contribution in [0.3, 0.4) is 0 Å². The van der Waals surface area contributed by atoms with E-state index in [0.717, 1.165) is 25.3 Å². The van der Waals surface area contributed by atoms with Gasteiger partial charge in [-0.2, -0.15) is 5.10 Å².